The van der Waals surface area contributed by atoms with Gasteiger partial charge in [0.2, 0.25) is 5.91 Å². The maximum Gasteiger partial charge on any atom is 0.241 e. The predicted octanol–water partition coefficient (Wildman–Crippen LogP) is 1.01. The molecular weight excluding hydrogens is 214 g/mol. The number of pyridine rings is 1. The smallest absolute Gasteiger partial charge is 0.241 e. The van der Waals surface area contributed by atoms with Crippen molar-refractivity contribution in [1.29, 1.82) is 0 Å². The SMILES string of the molecule is CN1CCN(c2ccc(Cl)cn2)CC1=O. The molecule has 1 saturated heterocycles. The molecule has 0 bridgehead atoms. The van der Waals surface area contributed by atoms with Gasteiger partial charge in [-0.25, -0.2) is 4.98 Å². The van der Waals surface area contributed by atoms with Crippen LogP contribution in [0.5, 0.6) is 0 Å². The van der Waals surface area contributed by atoms with Crippen molar-refractivity contribution in [3.63, 3.8) is 0 Å². The standard InChI is InChI=1S/C10H12ClN3O/c1-13-4-5-14(7-10(13)15)9-3-2-8(11)6-12-9/h2-3,6H,4-5,7H2,1H3. The Kier molecular flexibility index (Phi) is 2.77. The molecule has 0 N–H and O–H groups in total. The summed E-state index contributed by atoms with van der Waals surface area (Å²) < 4.78 is 0. The number of hydrogen-bond acceptors (Lipinski definition) is 3. The third kappa shape index (κ3) is 2.21. The number of likely N-dealkylation sites (N-methyl/N-ethyl adjacent to an activating group) is 1. The lowest BCUT2D eigenvalue weighted by atomic mass is 10.3. The molecule has 1 aliphatic heterocycles. The van der Waals surface area contributed by atoms with E-state index >= 15 is 0 Å². The second-order valence-corrected chi connectivity index (χ2v) is 4.01. The minimum atomic E-state index is 0.123. The largest absolute Gasteiger partial charge is 0.346 e. The van der Waals surface area contributed by atoms with Crippen LogP contribution in [0.2, 0.25) is 5.02 Å². The van der Waals surface area contributed by atoms with Gasteiger partial charge in [0.05, 0.1) is 11.6 Å². The summed E-state index contributed by atoms with van der Waals surface area (Å²) in [5.74, 6) is 0.929. The molecule has 1 amide bonds. The fourth-order valence-corrected chi connectivity index (χ4v) is 1.62. The summed E-state index contributed by atoms with van der Waals surface area (Å²) in [6, 6.07) is 3.62. The van der Waals surface area contributed by atoms with Crippen LogP contribution >= 0.6 is 11.6 Å². The molecule has 80 valence electrons. The molecular formula is C10H12ClN3O. The Bertz CT molecular complexity index is 365. The summed E-state index contributed by atoms with van der Waals surface area (Å²) in [6.07, 6.45) is 1.60. The van der Waals surface area contributed by atoms with Gasteiger partial charge < -0.3 is 9.80 Å². The molecule has 0 spiro atoms. The minimum Gasteiger partial charge on any atom is -0.346 e. The Hall–Kier alpha value is -1.29. The molecule has 0 atom stereocenters. The summed E-state index contributed by atoms with van der Waals surface area (Å²) in [7, 11) is 1.81. The van der Waals surface area contributed by atoms with Crippen molar-refractivity contribution in [3.05, 3.63) is 23.4 Å². The van der Waals surface area contributed by atoms with Crippen LogP contribution in [-0.2, 0) is 4.79 Å². The molecule has 0 aliphatic carbocycles. The average Bonchev–Trinajstić information content (AvgIpc) is 2.23. The molecule has 0 saturated carbocycles. The topological polar surface area (TPSA) is 36.4 Å². The number of halogens is 1. The molecule has 4 nitrogen and oxygen atoms in total. The van der Waals surface area contributed by atoms with E-state index in [4.69, 9.17) is 11.6 Å². The van der Waals surface area contributed by atoms with Gasteiger partial charge in [0.25, 0.3) is 0 Å². The van der Waals surface area contributed by atoms with Gasteiger partial charge in [-0.3, -0.25) is 4.79 Å². The minimum absolute atomic E-state index is 0.123. The Morgan fingerprint density at radius 3 is 2.80 bits per heavy atom. The van der Waals surface area contributed by atoms with Crippen LogP contribution in [0.1, 0.15) is 0 Å². The van der Waals surface area contributed by atoms with Crippen LogP contribution in [0.3, 0.4) is 0 Å². The first kappa shape index (κ1) is 10.2. The quantitative estimate of drug-likeness (QED) is 0.716. The normalized spacial score (nSPS) is 17.1. The molecule has 1 fully saturated rings. The highest BCUT2D eigenvalue weighted by molar-refractivity contribution is 6.30. The lowest BCUT2D eigenvalue weighted by Crippen LogP contribution is -2.48. The van der Waals surface area contributed by atoms with Crippen molar-refractivity contribution in [2.75, 3.05) is 31.6 Å². The third-order valence-corrected chi connectivity index (χ3v) is 2.72. The summed E-state index contributed by atoms with van der Waals surface area (Å²) in [4.78, 5) is 19.3. The van der Waals surface area contributed by atoms with Crippen molar-refractivity contribution >= 4 is 23.3 Å². The summed E-state index contributed by atoms with van der Waals surface area (Å²) in [5, 5.41) is 0.610. The molecule has 1 aromatic heterocycles. The average molecular weight is 226 g/mol. The maximum atomic E-state index is 11.5. The molecule has 5 heteroatoms. The number of piperazine rings is 1. The van der Waals surface area contributed by atoms with E-state index in [9.17, 15) is 4.79 Å². The zero-order chi connectivity index (χ0) is 10.8. The fraction of sp³-hybridized carbons (Fsp3) is 0.400. The second kappa shape index (κ2) is 4.06. The number of nitrogens with zero attached hydrogens (tertiary/aromatic N) is 3. The number of anilines is 1. The Labute approximate surface area is 93.5 Å². The van der Waals surface area contributed by atoms with Crippen molar-refractivity contribution in [1.82, 2.24) is 9.88 Å². The van der Waals surface area contributed by atoms with Crippen LogP contribution in [0.4, 0.5) is 5.82 Å². The van der Waals surface area contributed by atoms with Gasteiger partial charge in [0, 0.05) is 26.3 Å². The van der Waals surface area contributed by atoms with E-state index in [1.165, 1.54) is 0 Å². The van der Waals surface area contributed by atoms with E-state index < -0.39 is 0 Å². The third-order valence-electron chi connectivity index (χ3n) is 2.49. The van der Waals surface area contributed by atoms with E-state index in [0.29, 0.717) is 11.6 Å². The second-order valence-electron chi connectivity index (χ2n) is 3.57. The molecule has 2 heterocycles. The van der Waals surface area contributed by atoms with E-state index in [1.807, 2.05) is 18.0 Å². The number of aromatic nitrogens is 1. The van der Waals surface area contributed by atoms with Crippen LogP contribution in [0, 0.1) is 0 Å². The number of carbonyl (C=O) groups is 1. The van der Waals surface area contributed by atoms with Crippen LogP contribution in [0.25, 0.3) is 0 Å². The molecule has 0 aromatic carbocycles. The van der Waals surface area contributed by atoms with Gasteiger partial charge in [0.1, 0.15) is 5.82 Å². The summed E-state index contributed by atoms with van der Waals surface area (Å²) in [5.41, 5.74) is 0. The molecule has 1 aliphatic rings. The Morgan fingerprint density at radius 2 is 2.20 bits per heavy atom. The first-order valence-electron chi connectivity index (χ1n) is 4.77. The fourth-order valence-electron chi connectivity index (χ4n) is 1.51. The first-order valence-corrected chi connectivity index (χ1v) is 5.15. The molecule has 0 radical (unpaired) electrons. The monoisotopic (exact) mass is 225 g/mol. The lowest BCUT2D eigenvalue weighted by Gasteiger charge is -2.32. The number of rotatable bonds is 1. The first-order chi connectivity index (χ1) is 7.16. The summed E-state index contributed by atoms with van der Waals surface area (Å²) >= 11 is 5.75. The lowest BCUT2D eigenvalue weighted by molar-refractivity contribution is -0.129. The van der Waals surface area contributed by atoms with Crippen LogP contribution < -0.4 is 4.90 Å². The van der Waals surface area contributed by atoms with Crippen LogP contribution in [0.15, 0.2) is 18.3 Å². The molecule has 15 heavy (non-hydrogen) atoms. The zero-order valence-electron chi connectivity index (χ0n) is 8.48. The number of carbonyl (C=O) groups excluding carboxylic acids is 1. The van der Waals surface area contributed by atoms with E-state index in [2.05, 4.69) is 4.98 Å². The number of amides is 1. The molecule has 2 rings (SSSR count). The molecule has 0 unspecified atom stereocenters. The highest BCUT2D eigenvalue weighted by Crippen LogP contribution is 2.15. The number of hydrogen-bond donors (Lipinski definition) is 0. The Morgan fingerprint density at radius 1 is 1.40 bits per heavy atom. The van der Waals surface area contributed by atoms with Gasteiger partial charge in [-0.15, -0.1) is 0 Å². The zero-order valence-corrected chi connectivity index (χ0v) is 9.24. The van der Waals surface area contributed by atoms with Gasteiger partial charge in [0.15, 0.2) is 0 Å². The van der Waals surface area contributed by atoms with E-state index in [1.54, 1.807) is 17.2 Å². The van der Waals surface area contributed by atoms with Gasteiger partial charge in [-0.2, -0.15) is 0 Å². The van der Waals surface area contributed by atoms with Gasteiger partial charge >= 0.3 is 0 Å². The maximum absolute atomic E-state index is 11.5. The van der Waals surface area contributed by atoms with E-state index in [-0.39, 0.29) is 5.91 Å². The van der Waals surface area contributed by atoms with Crippen molar-refractivity contribution < 1.29 is 4.79 Å². The Balaban J connectivity index is 2.12. The summed E-state index contributed by atoms with van der Waals surface area (Å²) in [6.45, 7) is 1.95. The van der Waals surface area contributed by atoms with Crippen molar-refractivity contribution in [2.45, 2.75) is 0 Å². The highest BCUT2D eigenvalue weighted by Gasteiger charge is 2.21. The highest BCUT2D eigenvalue weighted by atomic mass is 35.5. The van der Waals surface area contributed by atoms with Crippen molar-refractivity contribution in [2.24, 2.45) is 0 Å². The predicted molar refractivity (Wildman–Crippen MR) is 59.1 cm³/mol. The van der Waals surface area contributed by atoms with Crippen LogP contribution in [-0.4, -0.2) is 42.5 Å². The van der Waals surface area contributed by atoms with Crippen molar-refractivity contribution in [3.8, 4) is 0 Å². The van der Waals surface area contributed by atoms with Gasteiger partial charge in [-0.05, 0) is 12.1 Å². The molecule has 1 aromatic rings. The van der Waals surface area contributed by atoms with Gasteiger partial charge in [-0.1, -0.05) is 11.6 Å². The van der Waals surface area contributed by atoms with E-state index in [0.717, 1.165) is 18.9 Å².